The first-order chi connectivity index (χ1) is 8.88. The van der Waals surface area contributed by atoms with Gasteiger partial charge in [-0.1, -0.05) is 54.1 Å². The van der Waals surface area contributed by atoms with Gasteiger partial charge in [0.25, 0.3) is 0 Å². The van der Waals surface area contributed by atoms with E-state index in [1.165, 1.54) is 11.1 Å². The van der Waals surface area contributed by atoms with Gasteiger partial charge in [0.1, 0.15) is 6.29 Å². The maximum Gasteiger partial charge on any atom is 0.137 e. The summed E-state index contributed by atoms with van der Waals surface area (Å²) in [5, 5.41) is 3.22. The summed E-state index contributed by atoms with van der Waals surface area (Å²) in [5.41, 5.74) is 2.65. The average Bonchev–Trinajstić information content (AvgIpc) is 2.65. The predicted octanol–water partition coefficient (Wildman–Crippen LogP) is 2.66. The van der Waals surface area contributed by atoms with E-state index in [0.29, 0.717) is 0 Å². The third-order valence-corrected chi connectivity index (χ3v) is 3.15. The van der Waals surface area contributed by atoms with Crippen LogP contribution in [0.2, 0.25) is 0 Å². The number of benzene rings is 1. The predicted molar refractivity (Wildman–Crippen MR) is 74.5 cm³/mol. The molecule has 0 fully saturated rings. The quantitative estimate of drug-likeness (QED) is 0.821. The van der Waals surface area contributed by atoms with Crippen molar-refractivity contribution in [2.75, 3.05) is 6.54 Å². The van der Waals surface area contributed by atoms with Gasteiger partial charge in [0.2, 0.25) is 0 Å². The lowest BCUT2D eigenvalue weighted by atomic mass is 10.1. The van der Waals surface area contributed by atoms with Crippen LogP contribution in [0.3, 0.4) is 0 Å². The average molecular weight is 241 g/mol. The molecular weight excluding hydrogens is 222 g/mol. The highest BCUT2D eigenvalue weighted by Gasteiger charge is 2.08. The van der Waals surface area contributed by atoms with Gasteiger partial charge in [0, 0.05) is 0 Å². The normalized spacial score (nSPS) is 20.4. The molecule has 0 aliphatic carbocycles. The van der Waals surface area contributed by atoms with Crippen molar-refractivity contribution in [1.29, 1.82) is 0 Å². The molecule has 94 valence electrons. The fourth-order valence-electron chi connectivity index (χ4n) is 2.08. The van der Waals surface area contributed by atoms with Crippen LogP contribution in [0.4, 0.5) is 0 Å². The van der Waals surface area contributed by atoms with Crippen LogP contribution >= 0.6 is 0 Å². The Balaban J connectivity index is 1.89. The van der Waals surface area contributed by atoms with Gasteiger partial charge in [-0.15, -0.1) is 0 Å². The number of allylic oxidation sites excluding steroid dienone is 2. The summed E-state index contributed by atoms with van der Waals surface area (Å²) < 4.78 is 0. The second-order valence-electron chi connectivity index (χ2n) is 4.55. The van der Waals surface area contributed by atoms with Gasteiger partial charge >= 0.3 is 0 Å². The first-order valence-electron chi connectivity index (χ1n) is 6.46. The topological polar surface area (TPSA) is 29.1 Å². The zero-order chi connectivity index (χ0) is 12.6. The number of carbonyl (C=O) groups excluding carboxylic acids is 1. The van der Waals surface area contributed by atoms with Crippen LogP contribution in [0.25, 0.3) is 0 Å². The zero-order valence-corrected chi connectivity index (χ0v) is 10.5. The fourth-order valence-corrected chi connectivity index (χ4v) is 2.08. The van der Waals surface area contributed by atoms with Crippen LogP contribution in [-0.2, 0) is 11.2 Å². The van der Waals surface area contributed by atoms with Crippen LogP contribution in [-0.4, -0.2) is 18.9 Å². The summed E-state index contributed by atoms with van der Waals surface area (Å²) in [5.74, 6) is 0. The first kappa shape index (κ1) is 12.8. The molecule has 1 aromatic carbocycles. The van der Waals surface area contributed by atoms with E-state index in [-0.39, 0.29) is 6.04 Å². The van der Waals surface area contributed by atoms with Crippen LogP contribution in [0.5, 0.6) is 0 Å². The van der Waals surface area contributed by atoms with Crippen molar-refractivity contribution in [3.63, 3.8) is 0 Å². The molecule has 0 spiro atoms. The summed E-state index contributed by atoms with van der Waals surface area (Å²) in [6.45, 7) is 0.880. The van der Waals surface area contributed by atoms with Gasteiger partial charge in [0.05, 0.1) is 6.04 Å². The van der Waals surface area contributed by atoms with Gasteiger partial charge in [-0.05, 0) is 31.4 Å². The van der Waals surface area contributed by atoms with E-state index in [4.69, 9.17) is 0 Å². The van der Waals surface area contributed by atoms with Crippen molar-refractivity contribution in [2.24, 2.45) is 0 Å². The van der Waals surface area contributed by atoms with Gasteiger partial charge in [-0.2, -0.15) is 0 Å². The minimum absolute atomic E-state index is 0.00924. The molecule has 2 rings (SSSR count). The molecule has 1 aliphatic rings. The highest BCUT2D eigenvalue weighted by Crippen LogP contribution is 2.10. The number of hydrogen-bond donors (Lipinski definition) is 1. The molecule has 0 radical (unpaired) electrons. The molecule has 18 heavy (non-hydrogen) atoms. The molecule has 1 N–H and O–H groups in total. The minimum Gasteiger partial charge on any atom is -0.307 e. The SMILES string of the molecule is O=CC1CC=C(/C=C/Cc2ccccc2)CCN1. The maximum atomic E-state index is 10.7. The second-order valence-corrected chi connectivity index (χ2v) is 4.55. The number of hydrogen-bond acceptors (Lipinski definition) is 2. The molecule has 0 bridgehead atoms. The Morgan fingerprint density at radius 1 is 1.28 bits per heavy atom. The molecule has 1 unspecified atom stereocenters. The second kappa shape index (κ2) is 6.92. The maximum absolute atomic E-state index is 10.7. The van der Waals surface area contributed by atoms with Crippen LogP contribution in [0, 0.1) is 0 Å². The Bertz CT molecular complexity index is 434. The van der Waals surface area contributed by atoms with Gasteiger partial charge in [-0.25, -0.2) is 0 Å². The van der Waals surface area contributed by atoms with Crippen molar-refractivity contribution in [1.82, 2.24) is 5.32 Å². The summed E-state index contributed by atoms with van der Waals surface area (Å²) in [4.78, 5) is 10.7. The lowest BCUT2D eigenvalue weighted by Gasteiger charge is -2.04. The number of aldehydes is 1. The summed E-state index contributed by atoms with van der Waals surface area (Å²) in [7, 11) is 0. The molecule has 0 saturated carbocycles. The highest BCUT2D eigenvalue weighted by atomic mass is 16.1. The van der Waals surface area contributed by atoms with E-state index in [0.717, 1.165) is 32.1 Å². The Hall–Kier alpha value is -1.67. The van der Waals surface area contributed by atoms with Crippen molar-refractivity contribution >= 4 is 6.29 Å². The largest absolute Gasteiger partial charge is 0.307 e. The van der Waals surface area contributed by atoms with E-state index in [1.54, 1.807) is 0 Å². The van der Waals surface area contributed by atoms with E-state index >= 15 is 0 Å². The minimum atomic E-state index is -0.00924. The van der Waals surface area contributed by atoms with E-state index in [9.17, 15) is 4.79 Å². The Kier molecular flexibility index (Phi) is 4.91. The van der Waals surface area contributed by atoms with Crippen LogP contribution < -0.4 is 5.32 Å². The Morgan fingerprint density at radius 3 is 2.89 bits per heavy atom. The van der Waals surface area contributed by atoms with E-state index < -0.39 is 0 Å². The summed E-state index contributed by atoms with van der Waals surface area (Å²) in [6, 6.07) is 10.4. The van der Waals surface area contributed by atoms with Crippen LogP contribution in [0.1, 0.15) is 18.4 Å². The molecule has 2 nitrogen and oxygen atoms in total. The molecule has 1 aromatic rings. The summed E-state index contributed by atoms with van der Waals surface area (Å²) in [6.07, 6.45) is 10.3. The zero-order valence-electron chi connectivity index (χ0n) is 10.5. The molecule has 0 saturated heterocycles. The number of carbonyl (C=O) groups is 1. The lowest BCUT2D eigenvalue weighted by molar-refractivity contribution is -0.109. The van der Waals surface area contributed by atoms with Crippen molar-refractivity contribution in [3.8, 4) is 0 Å². The number of rotatable bonds is 4. The molecule has 1 heterocycles. The van der Waals surface area contributed by atoms with Crippen molar-refractivity contribution in [2.45, 2.75) is 25.3 Å². The third-order valence-electron chi connectivity index (χ3n) is 3.15. The van der Waals surface area contributed by atoms with E-state index in [1.807, 2.05) is 6.07 Å². The summed E-state index contributed by atoms with van der Waals surface area (Å²) >= 11 is 0. The Labute approximate surface area is 108 Å². The van der Waals surface area contributed by atoms with Crippen LogP contribution in [0.15, 0.2) is 54.1 Å². The van der Waals surface area contributed by atoms with Crippen molar-refractivity contribution in [3.05, 3.63) is 59.7 Å². The fraction of sp³-hybridized carbons (Fsp3) is 0.312. The monoisotopic (exact) mass is 241 g/mol. The third kappa shape index (κ3) is 3.97. The first-order valence-corrected chi connectivity index (χ1v) is 6.46. The molecule has 0 amide bonds. The van der Waals surface area contributed by atoms with Crippen molar-refractivity contribution < 1.29 is 4.79 Å². The van der Waals surface area contributed by atoms with Gasteiger partial charge in [0.15, 0.2) is 0 Å². The molecule has 0 aromatic heterocycles. The van der Waals surface area contributed by atoms with Gasteiger partial charge in [-0.3, -0.25) is 0 Å². The Morgan fingerprint density at radius 2 is 2.11 bits per heavy atom. The standard InChI is InChI=1S/C16H19NO/c18-13-16-10-9-15(11-12-17-16)8-4-7-14-5-2-1-3-6-14/h1-6,8-9,13,16-17H,7,10-12H2/b8-4+. The molecule has 2 heteroatoms. The number of nitrogens with one attached hydrogen (secondary N) is 1. The molecule has 1 atom stereocenters. The molecular formula is C16H19NO. The smallest absolute Gasteiger partial charge is 0.137 e. The molecule has 1 aliphatic heterocycles. The highest BCUT2D eigenvalue weighted by molar-refractivity contribution is 5.58. The van der Waals surface area contributed by atoms with Gasteiger partial charge < -0.3 is 10.1 Å². The lowest BCUT2D eigenvalue weighted by Crippen LogP contribution is -2.29. The van der Waals surface area contributed by atoms with E-state index in [2.05, 4.69) is 47.8 Å².